The fourth-order valence-electron chi connectivity index (χ4n) is 2.45. The highest BCUT2D eigenvalue weighted by molar-refractivity contribution is 6.13. The maximum atomic E-state index is 11.5. The maximum absolute atomic E-state index is 11.5. The minimum Gasteiger partial charge on any atom is -0.396 e. The lowest BCUT2D eigenvalue weighted by atomic mass is 9.68. The van der Waals surface area contributed by atoms with Crippen LogP contribution in [-0.2, 0) is 4.79 Å². The lowest BCUT2D eigenvalue weighted by molar-refractivity contribution is -0.115. The summed E-state index contributed by atoms with van der Waals surface area (Å²) in [5.74, 6) is 0.154. The van der Waals surface area contributed by atoms with Crippen molar-refractivity contribution in [3.8, 4) is 0 Å². The highest BCUT2D eigenvalue weighted by Gasteiger charge is 2.42. The van der Waals surface area contributed by atoms with Crippen LogP contribution in [0.4, 0.5) is 0 Å². The zero-order chi connectivity index (χ0) is 10.9. The summed E-state index contributed by atoms with van der Waals surface area (Å²) >= 11 is 0. The van der Waals surface area contributed by atoms with E-state index in [0.717, 1.165) is 17.7 Å². The van der Waals surface area contributed by atoms with E-state index in [1.54, 1.807) is 6.08 Å². The molecule has 0 saturated carbocycles. The lowest BCUT2D eigenvalue weighted by Gasteiger charge is -2.33. The molecule has 0 radical (unpaired) electrons. The molecule has 1 aliphatic heterocycles. The standard InChI is InChI=1S/C12H15NO2/c1-2-12-7-10(15)3-4-11(12)13-8-9(12)5-6-14/h3-4,8,14H,2,5-7H2,1H3. The highest BCUT2D eigenvalue weighted by atomic mass is 16.3. The second-order valence-electron chi connectivity index (χ2n) is 4.05. The smallest absolute Gasteiger partial charge is 0.157 e. The molecular formula is C12H15NO2. The molecule has 0 saturated heterocycles. The molecule has 0 aromatic rings. The Morgan fingerprint density at radius 2 is 2.33 bits per heavy atom. The summed E-state index contributed by atoms with van der Waals surface area (Å²) in [6.07, 6.45) is 7.22. The van der Waals surface area contributed by atoms with Gasteiger partial charge in [0.05, 0.1) is 5.71 Å². The monoisotopic (exact) mass is 205 g/mol. The number of hydrogen-bond acceptors (Lipinski definition) is 3. The van der Waals surface area contributed by atoms with E-state index in [-0.39, 0.29) is 17.8 Å². The summed E-state index contributed by atoms with van der Waals surface area (Å²) in [5.41, 5.74) is 1.86. The number of aliphatic hydroxyl groups is 1. The Kier molecular flexibility index (Phi) is 2.57. The van der Waals surface area contributed by atoms with Crippen LogP contribution in [0.25, 0.3) is 0 Å². The van der Waals surface area contributed by atoms with Crippen LogP contribution in [0.15, 0.2) is 28.9 Å². The Bertz CT molecular complexity index is 379. The van der Waals surface area contributed by atoms with Crippen LogP contribution < -0.4 is 0 Å². The van der Waals surface area contributed by atoms with Crippen molar-refractivity contribution in [3.63, 3.8) is 0 Å². The first-order valence-electron chi connectivity index (χ1n) is 5.32. The minimum atomic E-state index is -0.214. The average molecular weight is 205 g/mol. The van der Waals surface area contributed by atoms with E-state index < -0.39 is 0 Å². The quantitative estimate of drug-likeness (QED) is 0.761. The van der Waals surface area contributed by atoms with Gasteiger partial charge in [-0.25, -0.2) is 0 Å². The van der Waals surface area contributed by atoms with Gasteiger partial charge in [-0.05, 0) is 30.6 Å². The van der Waals surface area contributed by atoms with Gasteiger partial charge >= 0.3 is 0 Å². The van der Waals surface area contributed by atoms with E-state index in [0.29, 0.717) is 12.8 Å². The molecule has 2 rings (SSSR count). The lowest BCUT2D eigenvalue weighted by Crippen LogP contribution is -2.34. The number of aliphatic hydroxyl groups excluding tert-OH is 1. The predicted molar refractivity (Wildman–Crippen MR) is 58.7 cm³/mol. The number of carbonyl (C=O) groups excluding carboxylic acids is 1. The highest BCUT2D eigenvalue weighted by Crippen LogP contribution is 2.44. The zero-order valence-corrected chi connectivity index (χ0v) is 8.86. The molecular weight excluding hydrogens is 190 g/mol. The number of fused-ring (bicyclic) bond motifs is 1. The topological polar surface area (TPSA) is 49.7 Å². The van der Waals surface area contributed by atoms with Gasteiger partial charge in [-0.15, -0.1) is 0 Å². The molecule has 0 spiro atoms. The number of hydrogen-bond donors (Lipinski definition) is 1. The van der Waals surface area contributed by atoms with Crippen molar-refractivity contribution in [2.45, 2.75) is 26.2 Å². The fourth-order valence-corrected chi connectivity index (χ4v) is 2.45. The summed E-state index contributed by atoms with van der Waals surface area (Å²) in [6.45, 7) is 2.19. The summed E-state index contributed by atoms with van der Waals surface area (Å²) in [4.78, 5) is 15.8. The molecule has 0 bridgehead atoms. The van der Waals surface area contributed by atoms with Crippen LogP contribution in [0.5, 0.6) is 0 Å². The molecule has 1 unspecified atom stereocenters. The third-order valence-electron chi connectivity index (χ3n) is 3.35. The van der Waals surface area contributed by atoms with Crippen molar-refractivity contribution in [2.75, 3.05) is 6.61 Å². The van der Waals surface area contributed by atoms with Gasteiger partial charge in [0.1, 0.15) is 0 Å². The number of rotatable bonds is 3. The third-order valence-corrected chi connectivity index (χ3v) is 3.35. The summed E-state index contributed by atoms with van der Waals surface area (Å²) in [5, 5.41) is 9.00. The molecule has 1 aliphatic carbocycles. The van der Waals surface area contributed by atoms with Gasteiger partial charge in [0.15, 0.2) is 5.78 Å². The van der Waals surface area contributed by atoms with Crippen molar-refractivity contribution >= 4 is 11.5 Å². The minimum absolute atomic E-state index is 0.119. The van der Waals surface area contributed by atoms with Crippen molar-refractivity contribution in [1.82, 2.24) is 0 Å². The first kappa shape index (κ1) is 10.3. The SMILES string of the molecule is CCC12CC(=O)C=CC1=NC=C2CCO. The van der Waals surface area contributed by atoms with Crippen molar-refractivity contribution < 1.29 is 9.90 Å². The van der Waals surface area contributed by atoms with Gasteiger partial charge in [0.25, 0.3) is 0 Å². The van der Waals surface area contributed by atoms with Crippen LogP contribution in [0.1, 0.15) is 26.2 Å². The first-order valence-corrected chi connectivity index (χ1v) is 5.32. The molecule has 0 aromatic carbocycles. The zero-order valence-electron chi connectivity index (χ0n) is 8.86. The Balaban J connectivity index is 2.36. The molecule has 1 atom stereocenters. The molecule has 1 N–H and O–H groups in total. The number of carbonyl (C=O) groups is 1. The number of nitrogens with zero attached hydrogens (tertiary/aromatic N) is 1. The van der Waals surface area contributed by atoms with Crippen molar-refractivity contribution in [1.29, 1.82) is 0 Å². The van der Waals surface area contributed by atoms with E-state index in [2.05, 4.69) is 11.9 Å². The maximum Gasteiger partial charge on any atom is 0.157 e. The molecule has 3 heteroatoms. The van der Waals surface area contributed by atoms with Crippen molar-refractivity contribution in [3.05, 3.63) is 23.9 Å². The van der Waals surface area contributed by atoms with Crippen LogP contribution in [0.2, 0.25) is 0 Å². The average Bonchev–Trinajstić information content (AvgIpc) is 2.58. The molecule has 0 fully saturated rings. The second kappa shape index (κ2) is 3.74. The van der Waals surface area contributed by atoms with E-state index in [1.165, 1.54) is 0 Å². The van der Waals surface area contributed by atoms with E-state index in [1.807, 2.05) is 12.3 Å². The van der Waals surface area contributed by atoms with Crippen LogP contribution in [0.3, 0.4) is 0 Å². The summed E-state index contributed by atoms with van der Waals surface area (Å²) in [7, 11) is 0. The Morgan fingerprint density at radius 1 is 1.53 bits per heavy atom. The number of aliphatic imine (C=N–C) groups is 1. The summed E-state index contributed by atoms with van der Waals surface area (Å²) < 4.78 is 0. The van der Waals surface area contributed by atoms with Gasteiger partial charge in [-0.3, -0.25) is 9.79 Å². The molecule has 2 aliphatic rings. The third kappa shape index (κ3) is 1.47. The predicted octanol–water partition coefficient (Wildman–Crippen LogP) is 1.63. The van der Waals surface area contributed by atoms with E-state index in [4.69, 9.17) is 5.11 Å². The molecule has 80 valence electrons. The van der Waals surface area contributed by atoms with Gasteiger partial charge in [0.2, 0.25) is 0 Å². The van der Waals surface area contributed by atoms with E-state index in [9.17, 15) is 4.79 Å². The van der Waals surface area contributed by atoms with Gasteiger partial charge in [-0.2, -0.15) is 0 Å². The van der Waals surface area contributed by atoms with E-state index >= 15 is 0 Å². The van der Waals surface area contributed by atoms with Crippen LogP contribution in [-0.4, -0.2) is 23.2 Å². The van der Waals surface area contributed by atoms with Crippen molar-refractivity contribution in [2.24, 2.45) is 10.4 Å². The van der Waals surface area contributed by atoms with Gasteiger partial charge < -0.3 is 5.11 Å². The largest absolute Gasteiger partial charge is 0.396 e. The molecule has 3 nitrogen and oxygen atoms in total. The number of allylic oxidation sites excluding steroid dienone is 2. The molecule has 0 aromatic heterocycles. The fraction of sp³-hybridized carbons (Fsp3) is 0.500. The van der Waals surface area contributed by atoms with Gasteiger partial charge in [-0.1, -0.05) is 6.92 Å². The molecule has 15 heavy (non-hydrogen) atoms. The van der Waals surface area contributed by atoms with Crippen LogP contribution in [0, 0.1) is 5.41 Å². The Labute approximate surface area is 89.2 Å². The Hall–Kier alpha value is -1.22. The second-order valence-corrected chi connectivity index (χ2v) is 4.05. The summed E-state index contributed by atoms with van der Waals surface area (Å²) in [6, 6.07) is 0. The Morgan fingerprint density at radius 3 is 3.00 bits per heavy atom. The molecule has 0 amide bonds. The normalized spacial score (nSPS) is 28.8. The first-order chi connectivity index (χ1) is 7.23. The van der Waals surface area contributed by atoms with Crippen LogP contribution >= 0.6 is 0 Å². The van der Waals surface area contributed by atoms with Gasteiger partial charge in [0, 0.05) is 24.6 Å². The molecule has 1 heterocycles. The number of ketones is 1.